The summed E-state index contributed by atoms with van der Waals surface area (Å²) in [7, 11) is 1.93. The predicted molar refractivity (Wildman–Crippen MR) is 108 cm³/mol. The number of pyridine rings is 2. The van der Waals surface area contributed by atoms with Crippen LogP contribution in [-0.2, 0) is 26.3 Å². The Morgan fingerprint density at radius 1 is 1.21 bits per heavy atom. The van der Waals surface area contributed by atoms with Crippen LogP contribution in [-0.4, -0.2) is 30.5 Å². The Balaban J connectivity index is 1.47. The normalized spacial score (nSPS) is 14.5. The van der Waals surface area contributed by atoms with Crippen LogP contribution in [0.5, 0.6) is 0 Å². The van der Waals surface area contributed by atoms with Gasteiger partial charge in [0.15, 0.2) is 10.9 Å². The van der Waals surface area contributed by atoms with Crippen LogP contribution < -0.4 is 0 Å². The minimum absolute atomic E-state index is 0.0200. The van der Waals surface area contributed by atoms with Crippen molar-refractivity contribution < 1.29 is 4.79 Å². The first kappa shape index (κ1) is 18.8. The Bertz CT molecular complexity index is 1000. The number of carbonyl (C=O) groups is 1. The van der Waals surface area contributed by atoms with Gasteiger partial charge in [-0.1, -0.05) is 11.8 Å². The Hall–Kier alpha value is -2.54. The minimum atomic E-state index is 0.0200. The van der Waals surface area contributed by atoms with Crippen LogP contribution in [0.15, 0.2) is 42.1 Å². The lowest BCUT2D eigenvalue weighted by Crippen LogP contribution is -2.11. The highest BCUT2D eigenvalue weighted by Gasteiger charge is 2.17. The number of aromatic nitrogens is 5. The smallest absolute Gasteiger partial charge is 0.191 e. The number of hydrogen-bond donors (Lipinski definition) is 0. The van der Waals surface area contributed by atoms with Gasteiger partial charge in [0.05, 0.1) is 6.42 Å². The maximum Gasteiger partial charge on any atom is 0.191 e. The van der Waals surface area contributed by atoms with E-state index in [-0.39, 0.29) is 17.5 Å². The van der Waals surface area contributed by atoms with Crippen LogP contribution in [0, 0.1) is 0 Å². The molecule has 1 aliphatic rings. The van der Waals surface area contributed by atoms with Crippen molar-refractivity contribution in [2.24, 2.45) is 7.05 Å². The highest BCUT2D eigenvalue weighted by atomic mass is 32.2. The molecular weight excluding hydrogens is 370 g/mol. The lowest BCUT2D eigenvalue weighted by molar-refractivity contribution is 0.0987. The number of nitrogens with zero attached hydrogens (tertiary/aromatic N) is 5. The van der Waals surface area contributed by atoms with Gasteiger partial charge in [0.1, 0.15) is 12.0 Å². The van der Waals surface area contributed by atoms with Crippen LogP contribution in [0.1, 0.15) is 57.9 Å². The van der Waals surface area contributed by atoms with E-state index in [0.29, 0.717) is 5.69 Å². The summed E-state index contributed by atoms with van der Waals surface area (Å²) in [5.41, 5.74) is 5.00. The number of rotatable bonds is 6. The molecule has 3 aromatic heterocycles. The van der Waals surface area contributed by atoms with Crippen LogP contribution in [0.25, 0.3) is 0 Å². The fraction of sp³-hybridized carbons (Fsp3) is 0.381. The lowest BCUT2D eigenvalue weighted by Gasteiger charge is -2.15. The van der Waals surface area contributed by atoms with E-state index < -0.39 is 0 Å². The number of thioether (sulfide) groups is 1. The summed E-state index contributed by atoms with van der Waals surface area (Å²) < 4.78 is 1.90. The monoisotopic (exact) mass is 393 g/mol. The number of ketones is 1. The largest absolute Gasteiger partial charge is 0.312 e. The van der Waals surface area contributed by atoms with Crippen LogP contribution in [0.3, 0.4) is 0 Å². The number of hydrogen-bond acceptors (Lipinski definition) is 6. The molecule has 4 rings (SSSR count). The molecule has 6 nitrogen and oxygen atoms in total. The number of aryl methyl sites for hydroxylation is 3. The third-order valence-electron chi connectivity index (χ3n) is 5.11. The summed E-state index contributed by atoms with van der Waals surface area (Å²) in [4.78, 5) is 21.6. The minimum Gasteiger partial charge on any atom is -0.312 e. The molecule has 0 unspecified atom stereocenters. The van der Waals surface area contributed by atoms with Crippen molar-refractivity contribution in [2.75, 3.05) is 0 Å². The summed E-state index contributed by atoms with van der Waals surface area (Å²) in [6, 6.07) is 5.97. The standard InChI is InChI=1S/C21H23N5OS/c1-14(28-21-25-24-13-26(21)2)15-7-8-22-18(9-15)11-20(27)19-10-16-5-3-4-6-17(16)12-23-19/h7-10,12-14H,3-6,11H2,1-2H3/t14-/m0/s1. The molecule has 0 saturated heterocycles. The predicted octanol–water partition coefficient (Wildman–Crippen LogP) is 3.76. The summed E-state index contributed by atoms with van der Waals surface area (Å²) in [6.45, 7) is 2.12. The topological polar surface area (TPSA) is 73.6 Å². The van der Waals surface area contributed by atoms with Gasteiger partial charge in [0.2, 0.25) is 0 Å². The van der Waals surface area contributed by atoms with E-state index >= 15 is 0 Å². The quantitative estimate of drug-likeness (QED) is 0.469. The highest BCUT2D eigenvalue weighted by Crippen LogP contribution is 2.33. The third kappa shape index (κ3) is 4.14. The zero-order valence-electron chi connectivity index (χ0n) is 16.1. The molecule has 0 spiro atoms. The molecule has 28 heavy (non-hydrogen) atoms. The van der Waals surface area contributed by atoms with Crippen LogP contribution in [0.2, 0.25) is 0 Å². The van der Waals surface area contributed by atoms with E-state index in [4.69, 9.17) is 0 Å². The van der Waals surface area contributed by atoms with E-state index in [2.05, 4.69) is 27.1 Å². The third-order valence-corrected chi connectivity index (χ3v) is 6.32. The van der Waals surface area contributed by atoms with Crippen LogP contribution >= 0.6 is 11.8 Å². The first-order valence-corrected chi connectivity index (χ1v) is 10.4. The Morgan fingerprint density at radius 3 is 2.82 bits per heavy atom. The van der Waals surface area contributed by atoms with Crippen LogP contribution in [0.4, 0.5) is 0 Å². The van der Waals surface area contributed by atoms with E-state index in [0.717, 1.165) is 29.3 Å². The highest BCUT2D eigenvalue weighted by molar-refractivity contribution is 7.99. The average Bonchev–Trinajstić information content (AvgIpc) is 3.12. The summed E-state index contributed by atoms with van der Waals surface area (Å²) >= 11 is 1.63. The van der Waals surface area contributed by atoms with Crippen molar-refractivity contribution >= 4 is 17.5 Å². The van der Waals surface area contributed by atoms with Gasteiger partial charge in [-0.15, -0.1) is 10.2 Å². The molecule has 3 heterocycles. The van der Waals surface area contributed by atoms with E-state index in [9.17, 15) is 4.79 Å². The number of carbonyl (C=O) groups excluding carboxylic acids is 1. The zero-order valence-corrected chi connectivity index (χ0v) is 16.9. The Labute approximate surface area is 168 Å². The van der Waals surface area contributed by atoms with E-state index in [1.165, 1.54) is 24.0 Å². The molecular formula is C21H23N5OS. The molecule has 0 N–H and O–H groups in total. The molecule has 144 valence electrons. The molecule has 0 bridgehead atoms. The second-order valence-corrected chi connectivity index (χ2v) is 8.52. The first-order chi connectivity index (χ1) is 13.6. The van der Waals surface area contributed by atoms with Crippen molar-refractivity contribution in [2.45, 2.75) is 49.4 Å². The van der Waals surface area contributed by atoms with Crippen molar-refractivity contribution in [3.8, 4) is 0 Å². The molecule has 0 radical (unpaired) electrons. The fourth-order valence-corrected chi connectivity index (χ4v) is 4.38. The molecule has 0 aromatic carbocycles. The van der Waals surface area contributed by atoms with Crippen molar-refractivity contribution in [3.63, 3.8) is 0 Å². The number of fused-ring (bicyclic) bond motifs is 1. The Morgan fingerprint density at radius 2 is 2.04 bits per heavy atom. The number of Topliss-reactive ketones (excluding diaryl/α,β-unsaturated/α-hetero) is 1. The molecule has 1 atom stereocenters. The molecule has 0 aliphatic heterocycles. The van der Waals surface area contributed by atoms with Gasteiger partial charge in [-0.3, -0.25) is 14.8 Å². The molecule has 0 saturated carbocycles. The molecule has 1 aliphatic carbocycles. The van der Waals surface area contributed by atoms with Gasteiger partial charge >= 0.3 is 0 Å². The molecule has 3 aromatic rings. The average molecular weight is 394 g/mol. The SMILES string of the molecule is C[C@H](Sc1nncn1C)c1ccnc(CC(=O)c2cc3c(cn2)CCCC3)c1. The van der Waals surface area contributed by atoms with Crippen molar-refractivity contribution in [1.29, 1.82) is 0 Å². The zero-order chi connectivity index (χ0) is 19.5. The molecule has 0 amide bonds. The van der Waals surface area contributed by atoms with Gasteiger partial charge in [-0.25, -0.2) is 0 Å². The maximum atomic E-state index is 12.8. The summed E-state index contributed by atoms with van der Waals surface area (Å²) in [5.74, 6) is 0.0200. The van der Waals surface area contributed by atoms with Gasteiger partial charge in [-0.2, -0.15) is 0 Å². The van der Waals surface area contributed by atoms with Crippen molar-refractivity contribution in [3.05, 3.63) is 65.0 Å². The summed E-state index contributed by atoms with van der Waals surface area (Å²) in [5, 5.41) is 9.09. The van der Waals surface area contributed by atoms with Crippen molar-refractivity contribution in [1.82, 2.24) is 24.7 Å². The Kier molecular flexibility index (Phi) is 5.52. The van der Waals surface area contributed by atoms with E-state index in [1.807, 2.05) is 36.0 Å². The summed E-state index contributed by atoms with van der Waals surface area (Å²) in [6.07, 6.45) is 10.1. The van der Waals surface area contributed by atoms with Gasteiger partial charge < -0.3 is 4.57 Å². The second kappa shape index (κ2) is 8.22. The maximum absolute atomic E-state index is 12.8. The second-order valence-electron chi connectivity index (χ2n) is 7.21. The van der Waals surface area contributed by atoms with E-state index in [1.54, 1.807) is 24.3 Å². The molecule has 7 heteroatoms. The van der Waals surface area contributed by atoms with Gasteiger partial charge in [0.25, 0.3) is 0 Å². The molecule has 0 fully saturated rings. The fourth-order valence-electron chi connectivity index (χ4n) is 3.47. The lowest BCUT2D eigenvalue weighted by atomic mass is 9.92. The first-order valence-electron chi connectivity index (χ1n) is 9.56. The van der Waals surface area contributed by atoms with Gasteiger partial charge in [0, 0.05) is 30.4 Å². The van der Waals surface area contributed by atoms with Gasteiger partial charge in [-0.05, 0) is 67.5 Å².